The van der Waals surface area contributed by atoms with E-state index in [9.17, 15) is 4.79 Å². The van der Waals surface area contributed by atoms with Crippen LogP contribution in [0, 0.1) is 13.8 Å². The van der Waals surface area contributed by atoms with E-state index >= 15 is 0 Å². The number of halogens is 1. The van der Waals surface area contributed by atoms with Gasteiger partial charge in [0.15, 0.2) is 0 Å². The minimum Gasteiger partial charge on any atom is -0.370 e. The minimum absolute atomic E-state index is 0.140. The summed E-state index contributed by atoms with van der Waals surface area (Å²) >= 11 is 6.17. The molecular weight excluding hydrogens is 324 g/mol. The van der Waals surface area contributed by atoms with Crippen LogP contribution < -0.4 is 10.2 Å². The zero-order valence-electron chi connectivity index (χ0n) is 14.4. The minimum atomic E-state index is -0.140. The monoisotopic (exact) mass is 346 g/mol. The molecule has 6 heteroatoms. The van der Waals surface area contributed by atoms with Gasteiger partial charge in [0.2, 0.25) is 0 Å². The molecule has 24 heavy (non-hydrogen) atoms. The van der Waals surface area contributed by atoms with Gasteiger partial charge in [0, 0.05) is 30.9 Å². The summed E-state index contributed by atoms with van der Waals surface area (Å²) in [7, 11) is 1.84. The highest BCUT2D eigenvalue weighted by atomic mass is 35.5. The van der Waals surface area contributed by atoms with Gasteiger partial charge in [-0.05, 0) is 51.3 Å². The number of nitrogens with one attached hydrogen (secondary N) is 1. The number of hydrogen-bond acceptors (Lipinski definition) is 3. The van der Waals surface area contributed by atoms with E-state index in [0.717, 1.165) is 35.9 Å². The lowest BCUT2D eigenvalue weighted by Crippen LogP contribution is -2.30. The lowest BCUT2D eigenvalue weighted by molar-refractivity contribution is 0.102. The molecule has 0 saturated carbocycles. The first-order chi connectivity index (χ1) is 11.5. The topological polar surface area (TPSA) is 50.2 Å². The van der Waals surface area contributed by atoms with Gasteiger partial charge < -0.3 is 10.2 Å². The first kappa shape index (κ1) is 16.8. The summed E-state index contributed by atoms with van der Waals surface area (Å²) in [6.45, 7) is 5.77. The molecule has 1 amide bonds. The fourth-order valence-corrected chi connectivity index (χ4v) is 3.48. The highest BCUT2D eigenvalue weighted by Crippen LogP contribution is 2.32. The Morgan fingerprint density at radius 2 is 1.92 bits per heavy atom. The molecule has 0 aliphatic carbocycles. The van der Waals surface area contributed by atoms with Crippen LogP contribution >= 0.6 is 11.6 Å². The van der Waals surface area contributed by atoms with Crippen LogP contribution in [0.2, 0.25) is 5.02 Å². The van der Waals surface area contributed by atoms with E-state index < -0.39 is 0 Å². The fraction of sp³-hybridized carbons (Fsp3) is 0.444. The van der Waals surface area contributed by atoms with Crippen molar-refractivity contribution in [2.24, 2.45) is 7.05 Å². The van der Waals surface area contributed by atoms with Gasteiger partial charge in [-0.25, -0.2) is 0 Å². The Kier molecular flexibility index (Phi) is 4.81. The average Bonchev–Trinajstić information content (AvgIpc) is 2.81. The Morgan fingerprint density at radius 3 is 2.54 bits per heavy atom. The van der Waals surface area contributed by atoms with Gasteiger partial charge in [0.1, 0.15) is 0 Å². The zero-order valence-corrected chi connectivity index (χ0v) is 15.2. The normalized spacial score (nSPS) is 14.8. The molecule has 0 spiro atoms. The number of carbonyl (C=O) groups excluding carboxylic acids is 1. The molecular formula is C18H23ClN4O. The number of rotatable bonds is 3. The molecule has 0 atom stereocenters. The first-order valence-electron chi connectivity index (χ1n) is 8.33. The summed E-state index contributed by atoms with van der Waals surface area (Å²) in [4.78, 5) is 15.1. The summed E-state index contributed by atoms with van der Waals surface area (Å²) < 4.78 is 1.73. The number of amides is 1. The van der Waals surface area contributed by atoms with E-state index in [4.69, 9.17) is 11.6 Å². The summed E-state index contributed by atoms with van der Waals surface area (Å²) in [6, 6.07) is 5.69. The van der Waals surface area contributed by atoms with Gasteiger partial charge in [0.25, 0.3) is 5.91 Å². The number of aromatic nitrogens is 2. The maximum atomic E-state index is 12.8. The number of anilines is 2. The van der Waals surface area contributed by atoms with Gasteiger partial charge >= 0.3 is 0 Å². The number of aryl methyl sites for hydroxylation is 2. The van der Waals surface area contributed by atoms with Crippen LogP contribution in [-0.4, -0.2) is 28.8 Å². The van der Waals surface area contributed by atoms with Crippen LogP contribution in [0.3, 0.4) is 0 Å². The number of carbonyl (C=O) groups is 1. The molecule has 0 bridgehead atoms. The van der Waals surface area contributed by atoms with Crippen LogP contribution in [0.1, 0.15) is 41.0 Å². The molecule has 2 aromatic rings. The molecule has 1 aromatic carbocycles. The van der Waals surface area contributed by atoms with Crippen LogP contribution in [-0.2, 0) is 7.05 Å². The van der Waals surface area contributed by atoms with Gasteiger partial charge in [-0.3, -0.25) is 9.48 Å². The van der Waals surface area contributed by atoms with Gasteiger partial charge in [-0.1, -0.05) is 11.6 Å². The molecule has 1 N–H and O–H groups in total. The highest BCUT2D eigenvalue weighted by molar-refractivity contribution is 6.31. The number of piperidine rings is 1. The summed E-state index contributed by atoms with van der Waals surface area (Å²) in [5.74, 6) is -0.140. The predicted octanol–water partition coefficient (Wildman–Crippen LogP) is 3.93. The molecule has 3 rings (SSSR count). The summed E-state index contributed by atoms with van der Waals surface area (Å²) in [5, 5.41) is 7.98. The zero-order chi connectivity index (χ0) is 17.3. The second-order valence-corrected chi connectivity index (χ2v) is 6.77. The maximum Gasteiger partial charge on any atom is 0.259 e. The number of nitrogens with zero attached hydrogens (tertiary/aromatic N) is 3. The highest BCUT2D eigenvalue weighted by Gasteiger charge is 2.20. The van der Waals surface area contributed by atoms with Gasteiger partial charge in [0.05, 0.1) is 22.6 Å². The van der Waals surface area contributed by atoms with Gasteiger partial charge in [-0.2, -0.15) is 5.10 Å². The quantitative estimate of drug-likeness (QED) is 0.916. The molecule has 0 unspecified atom stereocenters. The summed E-state index contributed by atoms with van der Waals surface area (Å²) in [5.41, 5.74) is 4.01. The molecule has 1 aliphatic rings. The van der Waals surface area contributed by atoms with Crippen molar-refractivity contribution in [2.75, 3.05) is 23.3 Å². The van der Waals surface area contributed by atoms with Crippen LogP contribution in [0.25, 0.3) is 0 Å². The van der Waals surface area contributed by atoms with Crippen LogP contribution in [0.4, 0.5) is 11.4 Å². The summed E-state index contributed by atoms with van der Waals surface area (Å²) in [6.07, 6.45) is 3.62. The van der Waals surface area contributed by atoms with Crippen molar-refractivity contribution in [2.45, 2.75) is 33.1 Å². The van der Waals surface area contributed by atoms with Crippen molar-refractivity contribution in [1.29, 1.82) is 0 Å². The molecule has 5 nitrogen and oxygen atoms in total. The lowest BCUT2D eigenvalue weighted by atomic mass is 10.1. The van der Waals surface area contributed by atoms with Crippen molar-refractivity contribution in [3.8, 4) is 0 Å². The van der Waals surface area contributed by atoms with E-state index in [1.54, 1.807) is 4.68 Å². The number of hydrogen-bond donors (Lipinski definition) is 1. The number of benzene rings is 1. The predicted molar refractivity (Wildman–Crippen MR) is 98.2 cm³/mol. The van der Waals surface area contributed by atoms with Crippen molar-refractivity contribution in [1.82, 2.24) is 9.78 Å². The van der Waals surface area contributed by atoms with Crippen LogP contribution in [0.15, 0.2) is 18.2 Å². The van der Waals surface area contributed by atoms with E-state index in [0.29, 0.717) is 10.6 Å². The fourth-order valence-electron chi connectivity index (χ4n) is 3.31. The third-order valence-corrected chi connectivity index (χ3v) is 4.87. The molecule has 1 aromatic heterocycles. The third kappa shape index (κ3) is 3.26. The Bertz CT molecular complexity index is 763. The van der Waals surface area contributed by atoms with E-state index in [2.05, 4.69) is 15.3 Å². The van der Waals surface area contributed by atoms with Crippen LogP contribution in [0.5, 0.6) is 0 Å². The Labute approximate surface area is 147 Å². The smallest absolute Gasteiger partial charge is 0.259 e. The standard InChI is InChI=1S/C18H23ClN4O/c1-12-17(13(2)22(3)21-12)18(24)20-15-11-14(19)7-8-16(15)23-9-5-4-6-10-23/h7-8,11H,4-6,9-10H2,1-3H3,(H,20,24). The molecule has 128 valence electrons. The molecule has 1 aliphatic heterocycles. The molecule has 1 fully saturated rings. The first-order valence-corrected chi connectivity index (χ1v) is 8.71. The second-order valence-electron chi connectivity index (χ2n) is 6.33. The second kappa shape index (κ2) is 6.85. The van der Waals surface area contributed by atoms with E-state index in [-0.39, 0.29) is 5.91 Å². The molecule has 0 radical (unpaired) electrons. The Morgan fingerprint density at radius 1 is 1.21 bits per heavy atom. The maximum absolute atomic E-state index is 12.8. The lowest BCUT2D eigenvalue weighted by Gasteiger charge is -2.30. The Hall–Kier alpha value is -2.01. The van der Waals surface area contributed by atoms with Crippen molar-refractivity contribution >= 4 is 28.9 Å². The van der Waals surface area contributed by atoms with E-state index in [1.807, 2.05) is 39.1 Å². The van der Waals surface area contributed by atoms with Crippen molar-refractivity contribution < 1.29 is 4.79 Å². The SMILES string of the molecule is Cc1nn(C)c(C)c1C(=O)Nc1cc(Cl)ccc1N1CCCCC1. The third-order valence-electron chi connectivity index (χ3n) is 4.64. The van der Waals surface area contributed by atoms with Gasteiger partial charge in [-0.15, -0.1) is 0 Å². The van der Waals surface area contributed by atoms with E-state index in [1.165, 1.54) is 19.3 Å². The largest absolute Gasteiger partial charge is 0.370 e. The van der Waals surface area contributed by atoms with Crippen molar-refractivity contribution in [3.05, 3.63) is 40.2 Å². The Balaban J connectivity index is 1.91. The molecule has 2 heterocycles. The molecule has 1 saturated heterocycles. The average molecular weight is 347 g/mol. The van der Waals surface area contributed by atoms with Crippen molar-refractivity contribution in [3.63, 3.8) is 0 Å².